The van der Waals surface area contributed by atoms with Crippen LogP contribution in [0.3, 0.4) is 0 Å². The van der Waals surface area contributed by atoms with Crippen LogP contribution < -0.4 is 0 Å². The Bertz CT molecular complexity index is 56.9. The minimum absolute atomic E-state index is 0. The molecule has 4 heteroatoms. The van der Waals surface area contributed by atoms with E-state index < -0.39 is 5.97 Å². The molecule has 0 aliphatic heterocycles. The van der Waals surface area contributed by atoms with Gasteiger partial charge in [0.1, 0.15) is 0 Å². The fourth-order valence-corrected chi connectivity index (χ4v) is 0.287. The molecule has 0 fully saturated rings. The number of aliphatic carboxylic acids is 1. The van der Waals surface area contributed by atoms with E-state index in [4.69, 9.17) is 5.11 Å². The van der Waals surface area contributed by atoms with Crippen molar-refractivity contribution in [3.63, 3.8) is 0 Å². The molecule has 0 rings (SSSR count). The molecule has 1 N–H and O–H groups in total. The van der Waals surface area contributed by atoms with Crippen molar-refractivity contribution in [1.29, 1.82) is 0 Å². The van der Waals surface area contributed by atoms with Gasteiger partial charge in [0.2, 0.25) is 0 Å². The third kappa shape index (κ3) is 10.8. The third-order valence-corrected chi connectivity index (χ3v) is 0.549. The number of carboxylic acid groups (broad SMARTS) is 1. The van der Waals surface area contributed by atoms with Crippen molar-refractivity contribution in [3.8, 4) is 0 Å². The molecule has 0 amide bonds. The largest absolute Gasteiger partial charge is 0.481 e. The first-order chi connectivity index (χ1) is 2.77. The van der Waals surface area contributed by atoms with Gasteiger partial charge in [0.05, 0.1) is 6.42 Å². The Morgan fingerprint density at radius 2 is 2.14 bits per heavy atom. The zero-order chi connectivity index (χ0) is 4.99. The second-order valence-corrected chi connectivity index (χ2v) is 1.31. The average molecular weight is 303 g/mol. The van der Waals surface area contributed by atoms with Crippen molar-refractivity contribution in [2.45, 2.75) is 6.42 Å². The van der Waals surface area contributed by atoms with E-state index in [1.54, 1.807) is 0 Å². The van der Waals surface area contributed by atoms with Gasteiger partial charge in [-0.2, -0.15) is 12.6 Å². The van der Waals surface area contributed by atoms with Crippen LogP contribution in [0.4, 0.5) is 0 Å². The van der Waals surface area contributed by atoms with Gasteiger partial charge in [-0.3, -0.25) is 4.79 Å². The Kier molecular flexibility index (Phi) is 9.86. The molecule has 0 spiro atoms. The predicted octanol–water partition coefficient (Wildman–Crippen LogP) is 0.388. The summed E-state index contributed by atoms with van der Waals surface area (Å²) in [5, 5.41) is 7.86. The van der Waals surface area contributed by atoms with Gasteiger partial charge in [-0.1, -0.05) is 0 Å². The fourth-order valence-electron chi connectivity index (χ4n) is 0.0956. The topological polar surface area (TPSA) is 37.3 Å². The molecular formula is C3H6AuO2S. The molecule has 0 heterocycles. The minimum Gasteiger partial charge on any atom is -0.481 e. The van der Waals surface area contributed by atoms with E-state index in [1.165, 1.54) is 0 Å². The maximum atomic E-state index is 9.55. The summed E-state index contributed by atoms with van der Waals surface area (Å²) < 4.78 is 0. The van der Waals surface area contributed by atoms with Crippen molar-refractivity contribution >= 4 is 18.6 Å². The first-order valence-electron chi connectivity index (χ1n) is 1.60. The molecule has 0 bridgehead atoms. The number of carboxylic acids is 1. The number of rotatable bonds is 2. The number of hydrogen-bond acceptors (Lipinski definition) is 2. The zero-order valence-electron chi connectivity index (χ0n) is 3.52. The number of thiol groups is 1. The standard InChI is InChI=1S/C3H6O2S.Au/c4-3(5)1-2-6;/h6H,1-2H2,(H,4,5);. The molecular weight excluding hydrogens is 297 g/mol. The molecule has 0 aliphatic rings. The van der Waals surface area contributed by atoms with Crippen LogP contribution >= 0.6 is 12.6 Å². The van der Waals surface area contributed by atoms with E-state index in [2.05, 4.69) is 12.6 Å². The van der Waals surface area contributed by atoms with Crippen LogP contribution in [0.2, 0.25) is 0 Å². The van der Waals surface area contributed by atoms with E-state index in [0.29, 0.717) is 5.75 Å². The molecule has 0 atom stereocenters. The van der Waals surface area contributed by atoms with Crippen molar-refractivity contribution in [3.05, 3.63) is 0 Å². The number of hydrogen-bond donors (Lipinski definition) is 2. The van der Waals surface area contributed by atoms with Crippen LogP contribution in [-0.2, 0) is 27.2 Å². The molecule has 2 nitrogen and oxygen atoms in total. The fraction of sp³-hybridized carbons (Fsp3) is 0.667. The molecule has 0 unspecified atom stereocenters. The molecule has 0 aromatic carbocycles. The monoisotopic (exact) mass is 303 g/mol. The van der Waals surface area contributed by atoms with Crippen LogP contribution in [0.5, 0.6) is 0 Å². The average Bonchev–Trinajstić information content (AvgIpc) is 1.35. The van der Waals surface area contributed by atoms with Gasteiger partial charge in [0.25, 0.3) is 0 Å². The van der Waals surface area contributed by atoms with E-state index in [0.717, 1.165) is 0 Å². The van der Waals surface area contributed by atoms with Crippen molar-refractivity contribution in [1.82, 2.24) is 0 Å². The van der Waals surface area contributed by atoms with Crippen molar-refractivity contribution in [2.24, 2.45) is 0 Å². The van der Waals surface area contributed by atoms with E-state index in [-0.39, 0.29) is 28.8 Å². The first kappa shape index (κ1) is 10.5. The third-order valence-electron chi connectivity index (χ3n) is 0.326. The summed E-state index contributed by atoms with van der Waals surface area (Å²) in [4.78, 5) is 9.55. The van der Waals surface area contributed by atoms with Crippen molar-refractivity contribution < 1.29 is 32.3 Å². The second-order valence-electron chi connectivity index (χ2n) is 0.867. The summed E-state index contributed by atoms with van der Waals surface area (Å²) in [6.45, 7) is 0. The number of carbonyl (C=O) groups is 1. The van der Waals surface area contributed by atoms with Crippen molar-refractivity contribution in [2.75, 3.05) is 5.75 Å². The smallest absolute Gasteiger partial charge is 0.304 e. The normalized spacial score (nSPS) is 7.00. The van der Waals surface area contributed by atoms with Crippen LogP contribution in [0, 0.1) is 0 Å². The Hall–Kier alpha value is 0.560. The maximum absolute atomic E-state index is 9.55. The van der Waals surface area contributed by atoms with Gasteiger partial charge in [-0.05, 0) is 0 Å². The minimum atomic E-state index is -0.787. The van der Waals surface area contributed by atoms with E-state index in [9.17, 15) is 4.79 Å². The summed E-state index contributed by atoms with van der Waals surface area (Å²) in [5.41, 5.74) is 0. The second kappa shape index (κ2) is 6.56. The Morgan fingerprint density at radius 1 is 1.71 bits per heavy atom. The molecule has 0 aliphatic carbocycles. The summed E-state index contributed by atoms with van der Waals surface area (Å²) >= 11 is 3.68. The molecule has 1 radical (unpaired) electrons. The first-order valence-corrected chi connectivity index (χ1v) is 2.23. The summed E-state index contributed by atoms with van der Waals surface area (Å²) in [5.74, 6) is -0.361. The van der Waals surface area contributed by atoms with Crippen LogP contribution in [0.1, 0.15) is 6.42 Å². The molecule has 0 aromatic rings. The molecule has 47 valence electrons. The summed E-state index contributed by atoms with van der Waals surface area (Å²) in [6.07, 6.45) is 0.156. The predicted molar refractivity (Wildman–Crippen MR) is 26.1 cm³/mol. The van der Waals surface area contributed by atoms with E-state index >= 15 is 0 Å². The van der Waals surface area contributed by atoms with Crippen LogP contribution in [-0.4, -0.2) is 16.8 Å². The van der Waals surface area contributed by atoms with Gasteiger partial charge in [-0.15, -0.1) is 0 Å². The van der Waals surface area contributed by atoms with Gasteiger partial charge in [0.15, 0.2) is 0 Å². The van der Waals surface area contributed by atoms with Crippen LogP contribution in [0.25, 0.3) is 0 Å². The Morgan fingerprint density at radius 3 is 2.14 bits per heavy atom. The molecule has 0 saturated heterocycles. The zero-order valence-corrected chi connectivity index (χ0v) is 6.58. The van der Waals surface area contributed by atoms with E-state index in [1.807, 2.05) is 0 Å². The summed E-state index contributed by atoms with van der Waals surface area (Å²) in [7, 11) is 0. The van der Waals surface area contributed by atoms with Gasteiger partial charge >= 0.3 is 5.97 Å². The quantitative estimate of drug-likeness (QED) is 0.572. The van der Waals surface area contributed by atoms with Gasteiger partial charge in [-0.25, -0.2) is 0 Å². The SMILES string of the molecule is O=C(O)CCS.[Au]. The molecule has 7 heavy (non-hydrogen) atoms. The molecule has 0 saturated carbocycles. The molecule has 0 aromatic heterocycles. The van der Waals surface area contributed by atoms with Crippen LogP contribution in [0.15, 0.2) is 0 Å². The summed E-state index contributed by atoms with van der Waals surface area (Å²) in [6, 6.07) is 0. The Labute approximate surface area is 63.2 Å². The maximum Gasteiger partial charge on any atom is 0.304 e. The van der Waals surface area contributed by atoms with Gasteiger partial charge < -0.3 is 5.11 Å². The Balaban J connectivity index is 0. The van der Waals surface area contributed by atoms with Gasteiger partial charge in [0, 0.05) is 28.1 Å².